The molecule has 0 spiro atoms. The molecule has 0 aliphatic carbocycles. The number of rotatable bonds is 7. The summed E-state index contributed by atoms with van der Waals surface area (Å²) in [6.45, 7) is 6.99. The summed E-state index contributed by atoms with van der Waals surface area (Å²) in [5.41, 5.74) is 4.05. The van der Waals surface area contributed by atoms with Crippen molar-refractivity contribution < 1.29 is 9.18 Å². The molecule has 2 aromatic rings. The van der Waals surface area contributed by atoms with Crippen molar-refractivity contribution in [1.29, 1.82) is 0 Å². The average Bonchev–Trinajstić information content (AvgIpc) is 2.61. The molecule has 0 radical (unpaired) electrons. The lowest BCUT2D eigenvalue weighted by Gasteiger charge is -2.19. The van der Waals surface area contributed by atoms with E-state index in [1.807, 2.05) is 37.9 Å². The number of benzene rings is 2. The molecular weight excluding hydrogens is 329 g/mol. The van der Waals surface area contributed by atoms with Crippen LogP contribution in [0.5, 0.6) is 0 Å². The van der Waals surface area contributed by atoms with Crippen LogP contribution in [-0.2, 0) is 0 Å². The number of likely N-dealkylation sites (N-methyl/N-ethyl adjacent to an activating group) is 1. The molecule has 0 amide bonds. The number of anilines is 1. The number of hydrogen-bond donors (Lipinski definition) is 0. The Morgan fingerprint density at radius 1 is 1.15 bits per heavy atom. The minimum Gasteiger partial charge on any atom is -0.367 e. The third-order valence-corrected chi connectivity index (χ3v) is 4.37. The Hall–Kier alpha value is -2.69. The number of aryl methyl sites for hydroxylation is 2. The van der Waals surface area contributed by atoms with Gasteiger partial charge in [0, 0.05) is 31.9 Å². The van der Waals surface area contributed by atoms with E-state index in [0.29, 0.717) is 11.3 Å². The molecule has 0 bridgehead atoms. The number of halogens is 1. The summed E-state index contributed by atoms with van der Waals surface area (Å²) in [4.78, 5) is 21.0. The standard InChI is InChI=1S/C21H26FN3O/c1-6-24(4)14-23-20-11-15(2)19(10-16(20)3)21(26)13-25(5)18-9-7-8-17(22)12-18/h7-12,14H,6,13H2,1-5H3/b23-14+. The number of carbonyl (C=O) groups excluding carboxylic acids is 1. The van der Waals surface area contributed by atoms with Crippen LogP contribution in [0, 0.1) is 19.7 Å². The lowest BCUT2D eigenvalue weighted by molar-refractivity contribution is 0.0999. The van der Waals surface area contributed by atoms with E-state index in [2.05, 4.69) is 11.9 Å². The Morgan fingerprint density at radius 2 is 1.88 bits per heavy atom. The molecule has 0 atom stereocenters. The predicted molar refractivity (Wildman–Crippen MR) is 106 cm³/mol. The second-order valence-corrected chi connectivity index (χ2v) is 6.53. The highest BCUT2D eigenvalue weighted by atomic mass is 19.1. The molecule has 2 rings (SSSR count). The van der Waals surface area contributed by atoms with Gasteiger partial charge in [-0.25, -0.2) is 9.38 Å². The first-order valence-electron chi connectivity index (χ1n) is 8.67. The number of hydrogen-bond acceptors (Lipinski definition) is 3. The van der Waals surface area contributed by atoms with Gasteiger partial charge in [-0.2, -0.15) is 0 Å². The Morgan fingerprint density at radius 3 is 2.54 bits per heavy atom. The summed E-state index contributed by atoms with van der Waals surface area (Å²) < 4.78 is 13.4. The minimum absolute atomic E-state index is 0.00133. The van der Waals surface area contributed by atoms with Crippen molar-refractivity contribution in [2.24, 2.45) is 4.99 Å². The zero-order chi connectivity index (χ0) is 19.3. The fourth-order valence-corrected chi connectivity index (χ4v) is 2.59. The summed E-state index contributed by atoms with van der Waals surface area (Å²) in [6, 6.07) is 10.1. The van der Waals surface area contributed by atoms with Gasteiger partial charge in [0.15, 0.2) is 5.78 Å². The van der Waals surface area contributed by atoms with E-state index in [4.69, 9.17) is 0 Å². The van der Waals surface area contributed by atoms with Crippen LogP contribution >= 0.6 is 0 Å². The first-order chi connectivity index (χ1) is 12.3. The number of aliphatic imine (C=N–C) groups is 1. The molecule has 4 nitrogen and oxygen atoms in total. The van der Waals surface area contributed by atoms with Gasteiger partial charge in [-0.05, 0) is 62.2 Å². The maximum absolute atomic E-state index is 13.4. The monoisotopic (exact) mass is 355 g/mol. The smallest absolute Gasteiger partial charge is 0.182 e. The summed E-state index contributed by atoms with van der Waals surface area (Å²) in [7, 11) is 3.75. The van der Waals surface area contributed by atoms with E-state index in [0.717, 1.165) is 23.4 Å². The van der Waals surface area contributed by atoms with E-state index in [1.165, 1.54) is 12.1 Å². The van der Waals surface area contributed by atoms with Crippen LogP contribution in [0.25, 0.3) is 0 Å². The number of ketones is 1. The quantitative estimate of drug-likeness (QED) is 0.420. The Kier molecular flexibility index (Phi) is 6.50. The molecule has 0 saturated carbocycles. The molecule has 0 saturated heterocycles. The van der Waals surface area contributed by atoms with Gasteiger partial charge in [0.1, 0.15) is 5.82 Å². The second kappa shape index (κ2) is 8.61. The summed E-state index contributed by atoms with van der Waals surface area (Å²) in [5, 5.41) is 0. The van der Waals surface area contributed by atoms with E-state index < -0.39 is 0 Å². The van der Waals surface area contributed by atoms with Crippen molar-refractivity contribution in [3.8, 4) is 0 Å². The molecule has 0 aromatic heterocycles. The highest BCUT2D eigenvalue weighted by Gasteiger charge is 2.14. The lowest BCUT2D eigenvalue weighted by Crippen LogP contribution is -2.26. The second-order valence-electron chi connectivity index (χ2n) is 6.53. The summed E-state index contributed by atoms with van der Waals surface area (Å²) >= 11 is 0. The minimum atomic E-state index is -0.312. The van der Waals surface area contributed by atoms with Crippen LogP contribution in [0.3, 0.4) is 0 Å². The number of carbonyl (C=O) groups is 1. The van der Waals surface area contributed by atoms with E-state index in [9.17, 15) is 9.18 Å². The molecule has 0 heterocycles. The van der Waals surface area contributed by atoms with Crippen molar-refractivity contribution in [2.75, 3.05) is 32.1 Å². The first-order valence-corrected chi connectivity index (χ1v) is 8.67. The molecule has 0 unspecified atom stereocenters. The van der Waals surface area contributed by atoms with Crippen LogP contribution < -0.4 is 4.90 Å². The van der Waals surface area contributed by atoms with Crippen LogP contribution in [0.4, 0.5) is 15.8 Å². The zero-order valence-corrected chi connectivity index (χ0v) is 16.1. The number of nitrogens with zero attached hydrogens (tertiary/aromatic N) is 3. The summed E-state index contributed by atoms with van der Waals surface area (Å²) in [6.07, 6.45) is 1.79. The maximum Gasteiger partial charge on any atom is 0.182 e. The van der Waals surface area contributed by atoms with Gasteiger partial charge in [-0.15, -0.1) is 0 Å². The Labute approximate surface area is 155 Å². The molecule has 0 aliphatic heterocycles. The third kappa shape index (κ3) is 4.91. The van der Waals surface area contributed by atoms with Crippen molar-refractivity contribution in [3.05, 3.63) is 58.9 Å². The van der Waals surface area contributed by atoms with Crippen molar-refractivity contribution in [2.45, 2.75) is 20.8 Å². The highest BCUT2D eigenvalue weighted by molar-refractivity contribution is 6.01. The molecule has 26 heavy (non-hydrogen) atoms. The third-order valence-electron chi connectivity index (χ3n) is 4.37. The fourth-order valence-electron chi connectivity index (χ4n) is 2.59. The molecule has 0 N–H and O–H groups in total. The van der Waals surface area contributed by atoms with Gasteiger partial charge in [0.2, 0.25) is 0 Å². The van der Waals surface area contributed by atoms with Crippen LogP contribution in [-0.4, -0.2) is 44.2 Å². The first kappa shape index (κ1) is 19.6. The van der Waals surface area contributed by atoms with E-state index in [-0.39, 0.29) is 18.1 Å². The van der Waals surface area contributed by atoms with Gasteiger partial charge in [0.25, 0.3) is 0 Å². The molecular formula is C21H26FN3O. The Balaban J connectivity index is 2.19. The van der Waals surface area contributed by atoms with Crippen molar-refractivity contribution >= 4 is 23.5 Å². The predicted octanol–water partition coefficient (Wildman–Crippen LogP) is 4.37. The van der Waals surface area contributed by atoms with Gasteiger partial charge >= 0.3 is 0 Å². The fraction of sp³-hybridized carbons (Fsp3) is 0.333. The van der Waals surface area contributed by atoms with Gasteiger partial charge in [-0.3, -0.25) is 4.79 Å². The normalized spacial score (nSPS) is 11.0. The van der Waals surface area contributed by atoms with Gasteiger partial charge in [0.05, 0.1) is 18.6 Å². The molecule has 2 aromatic carbocycles. The molecule has 0 fully saturated rings. The van der Waals surface area contributed by atoms with Gasteiger partial charge in [-0.1, -0.05) is 6.07 Å². The topological polar surface area (TPSA) is 35.9 Å². The van der Waals surface area contributed by atoms with E-state index >= 15 is 0 Å². The average molecular weight is 355 g/mol. The van der Waals surface area contributed by atoms with Gasteiger partial charge < -0.3 is 9.80 Å². The van der Waals surface area contributed by atoms with Crippen molar-refractivity contribution in [3.63, 3.8) is 0 Å². The SMILES string of the molecule is CCN(C)/C=N/c1cc(C)c(C(=O)CN(C)c2cccc(F)c2)cc1C. The number of Topliss-reactive ketones (excluding diaryl/α,β-unsaturated/α-hetero) is 1. The molecule has 0 aliphatic rings. The molecule has 138 valence electrons. The molecule has 5 heteroatoms. The van der Waals surface area contributed by atoms with Crippen LogP contribution in [0.2, 0.25) is 0 Å². The van der Waals surface area contributed by atoms with Crippen LogP contribution in [0.1, 0.15) is 28.4 Å². The largest absolute Gasteiger partial charge is 0.367 e. The Bertz CT molecular complexity index is 817. The zero-order valence-electron chi connectivity index (χ0n) is 16.1. The highest BCUT2D eigenvalue weighted by Crippen LogP contribution is 2.24. The lowest BCUT2D eigenvalue weighted by atomic mass is 10.00. The maximum atomic E-state index is 13.4. The van der Waals surface area contributed by atoms with Crippen molar-refractivity contribution in [1.82, 2.24) is 4.90 Å². The van der Waals surface area contributed by atoms with Crippen LogP contribution in [0.15, 0.2) is 41.4 Å². The summed E-state index contributed by atoms with van der Waals surface area (Å²) in [5.74, 6) is -0.313. The van der Waals surface area contributed by atoms with E-state index in [1.54, 1.807) is 30.4 Å².